The van der Waals surface area contributed by atoms with Gasteiger partial charge in [0.15, 0.2) is 0 Å². The second-order valence-corrected chi connectivity index (χ2v) is 7.79. The molecule has 1 saturated heterocycles. The van der Waals surface area contributed by atoms with E-state index in [1.165, 1.54) is 25.1 Å². The van der Waals surface area contributed by atoms with Crippen LogP contribution in [0.5, 0.6) is 0 Å². The minimum absolute atomic E-state index is 0.179. The first-order valence-corrected chi connectivity index (χ1v) is 10.2. The Kier molecular flexibility index (Phi) is 5.54. The maximum atomic E-state index is 13.4. The van der Waals surface area contributed by atoms with Crippen LogP contribution in [0, 0.1) is 5.82 Å². The van der Waals surface area contributed by atoms with Crippen LogP contribution in [-0.4, -0.2) is 58.6 Å². The summed E-state index contributed by atoms with van der Waals surface area (Å²) in [4.78, 5) is 53.0. The average Bonchev–Trinajstić information content (AvgIpc) is 3.03. The average molecular weight is 423 g/mol. The number of hydrogen-bond acceptors (Lipinski definition) is 4. The highest BCUT2D eigenvalue weighted by Gasteiger charge is 2.41. The third-order valence-corrected chi connectivity index (χ3v) is 5.79. The number of likely N-dealkylation sites (tertiary alicyclic amines) is 1. The van der Waals surface area contributed by atoms with E-state index in [2.05, 4.69) is 5.32 Å². The molecule has 2 aromatic rings. The maximum absolute atomic E-state index is 13.4. The monoisotopic (exact) mass is 423 g/mol. The van der Waals surface area contributed by atoms with Crippen LogP contribution in [0.3, 0.4) is 0 Å². The van der Waals surface area contributed by atoms with Gasteiger partial charge in [0.25, 0.3) is 17.7 Å². The predicted octanol–water partition coefficient (Wildman–Crippen LogP) is 2.23. The van der Waals surface area contributed by atoms with Crippen molar-refractivity contribution in [3.05, 3.63) is 71.0 Å². The first-order chi connectivity index (χ1) is 14.9. The molecule has 2 aliphatic rings. The van der Waals surface area contributed by atoms with Gasteiger partial charge >= 0.3 is 0 Å². The molecule has 7 nitrogen and oxygen atoms in total. The van der Waals surface area contributed by atoms with Crippen molar-refractivity contribution in [1.29, 1.82) is 0 Å². The van der Waals surface area contributed by atoms with Crippen LogP contribution in [0.2, 0.25) is 0 Å². The fourth-order valence-electron chi connectivity index (χ4n) is 4.03. The molecule has 0 bridgehead atoms. The molecule has 4 rings (SSSR count). The topological polar surface area (TPSA) is 86.8 Å². The van der Waals surface area contributed by atoms with Gasteiger partial charge in [-0.05, 0) is 50.1 Å². The van der Waals surface area contributed by atoms with Crippen LogP contribution in [0.15, 0.2) is 48.5 Å². The number of carbonyl (C=O) groups excluding carboxylic acids is 4. The van der Waals surface area contributed by atoms with Crippen LogP contribution >= 0.6 is 0 Å². The molecule has 0 aromatic heterocycles. The SMILES string of the molecule is CC(C(=O)NC1CCN(C(=O)c2cccc(F)c2)CC1)N1C(=O)c2ccccc2C1=O. The van der Waals surface area contributed by atoms with Crippen molar-refractivity contribution in [2.24, 2.45) is 0 Å². The normalized spacial score (nSPS) is 17.5. The zero-order chi connectivity index (χ0) is 22.1. The molecule has 2 aromatic carbocycles. The van der Waals surface area contributed by atoms with E-state index in [0.717, 1.165) is 4.90 Å². The number of nitrogens with zero attached hydrogens (tertiary/aromatic N) is 2. The molecule has 0 radical (unpaired) electrons. The molecule has 1 atom stereocenters. The van der Waals surface area contributed by atoms with Crippen molar-refractivity contribution < 1.29 is 23.6 Å². The molecule has 2 heterocycles. The lowest BCUT2D eigenvalue weighted by atomic mass is 10.0. The number of benzene rings is 2. The summed E-state index contributed by atoms with van der Waals surface area (Å²) in [5.74, 6) is -2.07. The van der Waals surface area contributed by atoms with Crippen molar-refractivity contribution >= 4 is 23.6 Å². The fraction of sp³-hybridized carbons (Fsp3) is 0.304. The molecule has 0 spiro atoms. The van der Waals surface area contributed by atoms with Gasteiger partial charge < -0.3 is 10.2 Å². The zero-order valence-corrected chi connectivity index (χ0v) is 17.0. The lowest BCUT2D eigenvalue weighted by Crippen LogP contribution is -2.53. The van der Waals surface area contributed by atoms with Gasteiger partial charge in [0.2, 0.25) is 5.91 Å². The van der Waals surface area contributed by atoms with Crippen LogP contribution in [0.4, 0.5) is 4.39 Å². The van der Waals surface area contributed by atoms with Gasteiger partial charge in [-0.25, -0.2) is 4.39 Å². The minimum atomic E-state index is -0.945. The molecule has 160 valence electrons. The third kappa shape index (κ3) is 3.93. The maximum Gasteiger partial charge on any atom is 0.262 e. The van der Waals surface area contributed by atoms with E-state index < -0.39 is 29.6 Å². The number of carbonyl (C=O) groups is 4. The van der Waals surface area contributed by atoms with Gasteiger partial charge in [0, 0.05) is 24.7 Å². The van der Waals surface area contributed by atoms with Crippen molar-refractivity contribution in [3.63, 3.8) is 0 Å². The van der Waals surface area contributed by atoms with E-state index in [-0.39, 0.29) is 11.9 Å². The summed E-state index contributed by atoms with van der Waals surface area (Å²) in [5.41, 5.74) is 0.898. The van der Waals surface area contributed by atoms with Gasteiger partial charge in [-0.3, -0.25) is 24.1 Å². The van der Waals surface area contributed by atoms with Crippen molar-refractivity contribution in [1.82, 2.24) is 15.1 Å². The third-order valence-electron chi connectivity index (χ3n) is 5.79. The number of hydrogen-bond donors (Lipinski definition) is 1. The van der Waals surface area contributed by atoms with Crippen molar-refractivity contribution in [2.45, 2.75) is 31.8 Å². The Morgan fingerprint density at radius 1 is 1.00 bits per heavy atom. The Morgan fingerprint density at radius 3 is 2.19 bits per heavy atom. The Hall–Kier alpha value is -3.55. The van der Waals surface area contributed by atoms with Gasteiger partial charge in [-0.2, -0.15) is 0 Å². The van der Waals surface area contributed by atoms with Gasteiger partial charge in [-0.15, -0.1) is 0 Å². The lowest BCUT2D eigenvalue weighted by molar-refractivity contribution is -0.125. The summed E-state index contributed by atoms with van der Waals surface area (Å²) < 4.78 is 13.4. The Labute approximate surface area is 178 Å². The molecule has 0 saturated carbocycles. The van der Waals surface area contributed by atoms with Gasteiger partial charge in [0.05, 0.1) is 11.1 Å². The molecule has 1 unspecified atom stereocenters. The van der Waals surface area contributed by atoms with Crippen molar-refractivity contribution in [3.8, 4) is 0 Å². The first-order valence-electron chi connectivity index (χ1n) is 10.2. The number of rotatable bonds is 4. The largest absolute Gasteiger partial charge is 0.351 e. The molecular formula is C23H22FN3O4. The van der Waals surface area contributed by atoms with Crippen LogP contribution in [-0.2, 0) is 4.79 Å². The molecular weight excluding hydrogens is 401 g/mol. The van der Waals surface area contributed by atoms with Crippen LogP contribution in [0.25, 0.3) is 0 Å². The molecule has 8 heteroatoms. The standard InChI is InChI=1S/C23H22FN3O4/c1-14(27-22(30)18-7-2-3-8-19(18)23(27)31)20(28)25-17-9-11-26(12-10-17)21(29)15-5-4-6-16(24)13-15/h2-8,13-14,17H,9-12H2,1H3,(H,25,28). The van der Waals surface area contributed by atoms with Crippen LogP contribution in [0.1, 0.15) is 50.8 Å². The number of nitrogens with one attached hydrogen (secondary N) is 1. The highest BCUT2D eigenvalue weighted by molar-refractivity contribution is 6.22. The molecule has 2 aliphatic heterocycles. The fourth-order valence-corrected chi connectivity index (χ4v) is 4.03. The zero-order valence-electron chi connectivity index (χ0n) is 17.0. The van der Waals surface area contributed by atoms with E-state index in [1.807, 2.05) is 0 Å². The number of piperidine rings is 1. The summed E-state index contributed by atoms with van der Waals surface area (Å²) in [7, 11) is 0. The smallest absolute Gasteiger partial charge is 0.262 e. The second kappa shape index (κ2) is 8.29. The molecule has 31 heavy (non-hydrogen) atoms. The number of imide groups is 1. The number of amides is 4. The molecule has 0 aliphatic carbocycles. The van der Waals surface area contributed by atoms with E-state index in [9.17, 15) is 23.6 Å². The molecule has 4 amide bonds. The molecule has 1 N–H and O–H groups in total. The lowest BCUT2D eigenvalue weighted by Gasteiger charge is -2.33. The summed E-state index contributed by atoms with van der Waals surface area (Å²) in [6.45, 7) is 2.36. The van der Waals surface area contributed by atoms with Crippen LogP contribution < -0.4 is 5.32 Å². The van der Waals surface area contributed by atoms with E-state index >= 15 is 0 Å². The second-order valence-electron chi connectivity index (χ2n) is 7.79. The Bertz CT molecular complexity index is 1030. The highest BCUT2D eigenvalue weighted by atomic mass is 19.1. The van der Waals surface area contributed by atoms with Gasteiger partial charge in [-0.1, -0.05) is 18.2 Å². The highest BCUT2D eigenvalue weighted by Crippen LogP contribution is 2.24. The number of fused-ring (bicyclic) bond motifs is 1. The minimum Gasteiger partial charge on any atom is -0.351 e. The summed E-state index contributed by atoms with van der Waals surface area (Å²) in [6, 6.07) is 10.9. The molecule has 1 fully saturated rings. The Balaban J connectivity index is 1.34. The number of halogens is 1. The van der Waals surface area contributed by atoms with Gasteiger partial charge in [0.1, 0.15) is 11.9 Å². The summed E-state index contributed by atoms with van der Waals surface area (Å²) >= 11 is 0. The van der Waals surface area contributed by atoms with E-state index in [4.69, 9.17) is 0 Å². The summed E-state index contributed by atoms with van der Waals surface area (Å²) in [6.07, 6.45) is 1.06. The summed E-state index contributed by atoms with van der Waals surface area (Å²) in [5, 5.41) is 2.89. The van der Waals surface area contributed by atoms with Crippen molar-refractivity contribution in [2.75, 3.05) is 13.1 Å². The first kappa shape index (κ1) is 20.7. The predicted molar refractivity (Wildman–Crippen MR) is 110 cm³/mol. The van der Waals surface area contributed by atoms with E-state index in [1.54, 1.807) is 35.2 Å². The van der Waals surface area contributed by atoms with E-state index in [0.29, 0.717) is 42.6 Å². The Morgan fingerprint density at radius 2 is 1.61 bits per heavy atom. The quantitative estimate of drug-likeness (QED) is 0.764.